The molecule has 1 radical (unpaired) electrons. The van der Waals surface area contributed by atoms with E-state index in [0.717, 1.165) is 19.3 Å². The van der Waals surface area contributed by atoms with Gasteiger partial charge in [0.05, 0.1) is 0 Å². The van der Waals surface area contributed by atoms with E-state index in [1.54, 1.807) is 0 Å². The van der Waals surface area contributed by atoms with Crippen LogP contribution in [0, 0.1) is 20.8 Å². The van der Waals surface area contributed by atoms with Crippen molar-refractivity contribution in [3.63, 3.8) is 0 Å². The van der Waals surface area contributed by atoms with Gasteiger partial charge in [0.15, 0.2) is 0 Å². The van der Waals surface area contributed by atoms with Gasteiger partial charge >= 0.3 is 26.2 Å². The SMILES string of the molecule is [CH2-]CC.[CH2-]CC.[CH2-]CC.[Zr+3]. The van der Waals surface area contributed by atoms with Crippen LogP contribution in [-0.2, 0) is 26.2 Å². The number of hydrogen-bond acceptors (Lipinski definition) is 0. The second-order valence-corrected chi connectivity index (χ2v) is 1.50. The van der Waals surface area contributed by atoms with Gasteiger partial charge in [-0.2, -0.15) is 19.3 Å². The smallest absolute Gasteiger partial charge is 0.344 e. The first-order chi connectivity index (χ1) is 4.24. The molecule has 0 aliphatic rings. The Hall–Kier alpha value is 0.883. The topological polar surface area (TPSA) is 0 Å². The molecule has 0 aromatic rings. The van der Waals surface area contributed by atoms with Gasteiger partial charge in [0.1, 0.15) is 0 Å². The van der Waals surface area contributed by atoms with E-state index in [2.05, 4.69) is 20.8 Å². The molecule has 0 spiro atoms. The summed E-state index contributed by atoms with van der Waals surface area (Å²) in [4.78, 5) is 0. The van der Waals surface area contributed by atoms with Crippen LogP contribution in [0.25, 0.3) is 0 Å². The van der Waals surface area contributed by atoms with Crippen LogP contribution < -0.4 is 0 Å². The minimum absolute atomic E-state index is 0. The van der Waals surface area contributed by atoms with Crippen LogP contribution in [0.2, 0.25) is 0 Å². The molecule has 0 saturated heterocycles. The zero-order valence-corrected chi connectivity index (χ0v) is 10.2. The minimum atomic E-state index is 0. The predicted molar refractivity (Wildman–Crippen MR) is 46.9 cm³/mol. The van der Waals surface area contributed by atoms with E-state index in [4.69, 9.17) is 0 Å². The van der Waals surface area contributed by atoms with Crippen LogP contribution in [0.3, 0.4) is 0 Å². The molecule has 0 bridgehead atoms. The molecule has 1 heteroatoms. The first kappa shape index (κ1) is 22.4. The monoisotopic (exact) mass is 219 g/mol. The van der Waals surface area contributed by atoms with Crippen molar-refractivity contribution in [3.05, 3.63) is 20.8 Å². The molecule has 0 heterocycles. The van der Waals surface area contributed by atoms with Crippen molar-refractivity contribution >= 4 is 0 Å². The molecule has 0 aliphatic heterocycles. The van der Waals surface area contributed by atoms with Crippen LogP contribution in [-0.4, -0.2) is 0 Å². The number of hydrogen-bond donors (Lipinski definition) is 0. The summed E-state index contributed by atoms with van der Waals surface area (Å²) in [7, 11) is 0. The largest absolute Gasteiger partial charge is 3.00 e. The standard InChI is InChI=1S/3C3H7.Zr/c3*1-3-2;/h3*1,3H2,2H3;/q3*-1;+3. The van der Waals surface area contributed by atoms with Gasteiger partial charge in [0.25, 0.3) is 0 Å². The van der Waals surface area contributed by atoms with Crippen molar-refractivity contribution in [2.24, 2.45) is 0 Å². The first-order valence-electron chi connectivity index (χ1n) is 3.62. The van der Waals surface area contributed by atoms with E-state index in [1.165, 1.54) is 0 Å². The summed E-state index contributed by atoms with van der Waals surface area (Å²) >= 11 is 0. The third-order valence-corrected chi connectivity index (χ3v) is 0. The Morgan fingerprint density at radius 3 is 0.700 bits per heavy atom. The average molecular weight is 220 g/mol. The molecule has 0 aromatic carbocycles. The Morgan fingerprint density at radius 1 is 0.700 bits per heavy atom. The van der Waals surface area contributed by atoms with Gasteiger partial charge in [0.2, 0.25) is 0 Å². The van der Waals surface area contributed by atoms with E-state index in [-0.39, 0.29) is 26.2 Å². The minimum Gasteiger partial charge on any atom is -0.344 e. The van der Waals surface area contributed by atoms with Crippen LogP contribution in [0.1, 0.15) is 40.0 Å². The molecule has 0 fully saturated rings. The molecule has 0 nitrogen and oxygen atoms in total. The molecule has 0 atom stereocenters. The first-order valence-corrected chi connectivity index (χ1v) is 3.62. The van der Waals surface area contributed by atoms with Crippen LogP contribution >= 0.6 is 0 Å². The van der Waals surface area contributed by atoms with E-state index in [0.29, 0.717) is 0 Å². The van der Waals surface area contributed by atoms with E-state index in [1.807, 2.05) is 20.8 Å². The summed E-state index contributed by atoms with van der Waals surface area (Å²) < 4.78 is 0. The maximum atomic E-state index is 3.49. The summed E-state index contributed by atoms with van der Waals surface area (Å²) in [6, 6.07) is 0. The molecular formula is C9H21Zr. The van der Waals surface area contributed by atoms with Crippen molar-refractivity contribution in [2.45, 2.75) is 40.0 Å². The van der Waals surface area contributed by atoms with Crippen LogP contribution in [0.4, 0.5) is 0 Å². The molecular weight excluding hydrogens is 199 g/mol. The van der Waals surface area contributed by atoms with Crippen molar-refractivity contribution in [3.8, 4) is 0 Å². The van der Waals surface area contributed by atoms with E-state index < -0.39 is 0 Å². The van der Waals surface area contributed by atoms with Gasteiger partial charge in [0, 0.05) is 0 Å². The maximum absolute atomic E-state index is 3.49. The Labute approximate surface area is 86.9 Å². The summed E-state index contributed by atoms with van der Waals surface area (Å²) in [6.45, 7) is 16.5. The summed E-state index contributed by atoms with van der Waals surface area (Å²) in [5, 5.41) is 0. The third-order valence-electron chi connectivity index (χ3n) is 0. The second-order valence-electron chi connectivity index (χ2n) is 1.50. The van der Waals surface area contributed by atoms with Crippen molar-refractivity contribution < 1.29 is 26.2 Å². The van der Waals surface area contributed by atoms with Gasteiger partial charge in [-0.1, -0.05) is 20.8 Å². The Morgan fingerprint density at radius 2 is 0.700 bits per heavy atom. The van der Waals surface area contributed by atoms with Gasteiger partial charge in [-0.15, -0.1) is 0 Å². The molecule has 61 valence electrons. The van der Waals surface area contributed by atoms with E-state index >= 15 is 0 Å². The van der Waals surface area contributed by atoms with Gasteiger partial charge < -0.3 is 20.8 Å². The normalized spacial score (nSPS) is 5.40. The van der Waals surface area contributed by atoms with Crippen molar-refractivity contribution in [1.82, 2.24) is 0 Å². The fourth-order valence-corrected chi connectivity index (χ4v) is 0. The Bertz CT molecular complexity index is 9.44. The van der Waals surface area contributed by atoms with Gasteiger partial charge in [-0.05, 0) is 0 Å². The van der Waals surface area contributed by atoms with Gasteiger partial charge in [-0.25, -0.2) is 0 Å². The molecule has 0 aromatic heterocycles. The molecule has 0 rings (SSSR count). The zero-order chi connectivity index (χ0) is 8.12. The Balaban J connectivity index is -0.0000000257. The molecule has 0 aliphatic carbocycles. The van der Waals surface area contributed by atoms with Crippen molar-refractivity contribution in [2.75, 3.05) is 0 Å². The summed E-state index contributed by atoms with van der Waals surface area (Å²) in [6.07, 6.45) is 3.00. The fraction of sp³-hybridized carbons (Fsp3) is 0.667. The number of rotatable bonds is 0. The maximum Gasteiger partial charge on any atom is 3.00 e. The third kappa shape index (κ3) is 708. The Kier molecular flexibility index (Phi) is 116. The van der Waals surface area contributed by atoms with E-state index in [9.17, 15) is 0 Å². The van der Waals surface area contributed by atoms with Crippen LogP contribution in [0.5, 0.6) is 0 Å². The average Bonchev–Trinajstić information content (AvgIpc) is 1.70. The van der Waals surface area contributed by atoms with Gasteiger partial charge in [-0.3, -0.25) is 0 Å². The molecule has 0 unspecified atom stereocenters. The molecule has 0 amide bonds. The zero-order valence-electron chi connectivity index (χ0n) is 7.74. The quantitative estimate of drug-likeness (QED) is 0.546. The van der Waals surface area contributed by atoms with Crippen LogP contribution in [0.15, 0.2) is 0 Å². The molecule has 0 N–H and O–H groups in total. The molecule has 0 saturated carbocycles. The fourth-order valence-electron chi connectivity index (χ4n) is 0. The molecule has 10 heavy (non-hydrogen) atoms. The summed E-state index contributed by atoms with van der Waals surface area (Å²) in [5.74, 6) is 0. The second kappa shape index (κ2) is 51.7. The van der Waals surface area contributed by atoms with Crippen molar-refractivity contribution in [1.29, 1.82) is 0 Å². The summed E-state index contributed by atoms with van der Waals surface area (Å²) in [5.41, 5.74) is 0. The predicted octanol–water partition coefficient (Wildman–Crippen LogP) is 3.69.